The van der Waals surface area contributed by atoms with Crippen molar-refractivity contribution in [3.05, 3.63) is 44.8 Å². The Morgan fingerprint density at radius 3 is 2.15 bits per heavy atom. The number of thiophene rings is 2. The van der Waals surface area contributed by atoms with Gasteiger partial charge in [-0.25, -0.2) is 9.59 Å². The lowest BCUT2D eigenvalue weighted by atomic mass is 9.94. The van der Waals surface area contributed by atoms with E-state index in [0.29, 0.717) is 27.1 Å². The van der Waals surface area contributed by atoms with E-state index < -0.39 is 27.4 Å². The molecule has 1 N–H and O–H groups in total. The average Bonchev–Trinajstić information content (AvgIpc) is 3.11. The van der Waals surface area contributed by atoms with Crippen LogP contribution in [0.15, 0.2) is 35.0 Å². The molecule has 0 aromatic carbocycles. The first-order valence-corrected chi connectivity index (χ1v) is 13.7. The fourth-order valence-electron chi connectivity index (χ4n) is 5.40. The Morgan fingerprint density at radius 2 is 1.68 bits per heavy atom. The number of carbonyl (C=O) groups is 2. The van der Waals surface area contributed by atoms with Crippen molar-refractivity contribution in [1.82, 2.24) is 0 Å². The number of aliphatic hydroxyl groups is 1. The standard InChI is InChI=1S/C22H23Cl3NO6S2/c1-26(10-17(27)30-11-21(23,24)25)13-8-12(9-14(26)19-18(13)32-19)31-20(28)22(29,15-4-2-6-33-15)16-5-3-7-34-16/h2-7,12-14,18-19,29H,8-11H2,1H3/q+1/t12?,13-,14+,18-,19+,26?. The molecule has 0 spiro atoms. The van der Waals surface area contributed by atoms with Crippen LogP contribution in [0.2, 0.25) is 0 Å². The van der Waals surface area contributed by atoms with E-state index in [9.17, 15) is 14.7 Å². The Balaban J connectivity index is 1.29. The van der Waals surface area contributed by atoms with Crippen molar-refractivity contribution in [3.8, 4) is 0 Å². The van der Waals surface area contributed by atoms with Gasteiger partial charge in [0.05, 0.1) is 16.8 Å². The maximum atomic E-state index is 13.4. The van der Waals surface area contributed by atoms with Crippen LogP contribution >= 0.6 is 57.5 Å². The normalized spacial score (nSPS) is 32.2. The fourth-order valence-corrected chi connectivity index (χ4v) is 7.28. The summed E-state index contributed by atoms with van der Waals surface area (Å²) in [5, 5.41) is 15.1. The molecule has 34 heavy (non-hydrogen) atoms. The predicted molar refractivity (Wildman–Crippen MR) is 129 cm³/mol. The van der Waals surface area contributed by atoms with E-state index in [2.05, 4.69) is 0 Å². The van der Waals surface area contributed by atoms with Crippen molar-refractivity contribution in [1.29, 1.82) is 0 Å². The highest BCUT2D eigenvalue weighted by molar-refractivity contribution is 7.12. The smallest absolute Gasteiger partial charge is 0.361 e. The molecular formula is C22H23Cl3NO6S2+. The molecule has 3 aliphatic heterocycles. The summed E-state index contributed by atoms with van der Waals surface area (Å²) in [6.45, 7) is -0.207. The van der Waals surface area contributed by atoms with Gasteiger partial charge in [0.25, 0.3) is 0 Å². The number of epoxide rings is 1. The maximum absolute atomic E-state index is 13.4. The SMILES string of the molecule is C[N+]1(CC(=O)OCC(Cl)(Cl)Cl)[C@@H]2CC(OC(=O)C(O)(c3cccs3)c3cccs3)C[C@H]1[C@@H]1O[C@@H]12. The molecule has 2 aromatic heterocycles. The molecule has 0 radical (unpaired) electrons. The zero-order chi connectivity index (χ0) is 24.3. The molecule has 3 fully saturated rings. The molecule has 5 rings (SSSR count). The van der Waals surface area contributed by atoms with Gasteiger partial charge in [-0.15, -0.1) is 22.7 Å². The number of piperidine rings is 1. The fraction of sp³-hybridized carbons (Fsp3) is 0.545. The number of alkyl halides is 3. The van der Waals surface area contributed by atoms with Crippen molar-refractivity contribution < 1.29 is 33.4 Å². The van der Waals surface area contributed by atoms with Gasteiger partial charge in [-0.1, -0.05) is 46.9 Å². The molecule has 0 saturated carbocycles. The number of hydrogen-bond donors (Lipinski definition) is 1. The van der Waals surface area contributed by atoms with Crippen LogP contribution in [0.5, 0.6) is 0 Å². The monoisotopic (exact) mass is 566 g/mol. The summed E-state index contributed by atoms with van der Waals surface area (Å²) in [4.78, 5) is 26.9. The van der Waals surface area contributed by atoms with Crippen molar-refractivity contribution in [2.75, 3.05) is 20.2 Å². The molecule has 0 amide bonds. The first-order valence-electron chi connectivity index (χ1n) is 10.8. The number of carbonyl (C=O) groups excluding carboxylic acids is 2. The lowest BCUT2D eigenvalue weighted by molar-refractivity contribution is -0.949. The molecular weight excluding hydrogens is 545 g/mol. The van der Waals surface area contributed by atoms with Gasteiger partial charge in [0, 0.05) is 12.8 Å². The highest BCUT2D eigenvalue weighted by Gasteiger charge is 2.72. The van der Waals surface area contributed by atoms with E-state index in [0.717, 1.165) is 0 Å². The van der Waals surface area contributed by atoms with Gasteiger partial charge in [0.1, 0.15) is 37.0 Å². The van der Waals surface area contributed by atoms with E-state index in [1.165, 1.54) is 22.7 Å². The van der Waals surface area contributed by atoms with Crippen LogP contribution in [-0.2, 0) is 29.4 Å². The lowest BCUT2D eigenvalue weighted by Gasteiger charge is -2.47. The molecule has 3 saturated heterocycles. The number of hydrogen-bond acceptors (Lipinski definition) is 8. The number of morpholine rings is 1. The van der Waals surface area contributed by atoms with Gasteiger partial charge in [0.15, 0.2) is 6.54 Å². The van der Waals surface area contributed by atoms with Gasteiger partial charge < -0.3 is 23.8 Å². The Morgan fingerprint density at radius 1 is 1.12 bits per heavy atom. The first kappa shape index (κ1) is 24.8. The quantitative estimate of drug-likeness (QED) is 0.238. The van der Waals surface area contributed by atoms with Gasteiger partial charge in [-0.2, -0.15) is 0 Å². The number of rotatable bonds is 7. The predicted octanol–water partition coefficient (Wildman–Crippen LogP) is 3.63. The Bertz CT molecular complexity index is 1010. The van der Waals surface area contributed by atoms with Crippen molar-refractivity contribution in [3.63, 3.8) is 0 Å². The minimum Gasteiger partial charge on any atom is -0.459 e. The van der Waals surface area contributed by atoms with Gasteiger partial charge in [-0.3, -0.25) is 0 Å². The van der Waals surface area contributed by atoms with Gasteiger partial charge in [-0.05, 0) is 22.9 Å². The highest BCUT2D eigenvalue weighted by atomic mass is 35.6. The summed E-state index contributed by atoms with van der Waals surface area (Å²) in [6, 6.07) is 6.97. The van der Waals surface area contributed by atoms with Crippen LogP contribution in [0.1, 0.15) is 22.6 Å². The largest absolute Gasteiger partial charge is 0.459 e. The Kier molecular flexibility index (Phi) is 6.47. The molecule has 0 aliphatic carbocycles. The molecule has 7 nitrogen and oxygen atoms in total. The second-order valence-corrected chi connectivity index (χ2v) is 13.6. The van der Waals surface area contributed by atoms with E-state index in [1.54, 1.807) is 24.3 Å². The van der Waals surface area contributed by atoms with Gasteiger partial charge >= 0.3 is 11.9 Å². The third kappa shape index (κ3) is 4.39. The van der Waals surface area contributed by atoms with Crippen molar-refractivity contribution >= 4 is 69.4 Å². The molecule has 5 heterocycles. The van der Waals surface area contributed by atoms with Gasteiger partial charge in [0.2, 0.25) is 9.39 Å². The van der Waals surface area contributed by atoms with E-state index in [-0.39, 0.29) is 37.4 Å². The van der Waals surface area contributed by atoms with Crippen LogP contribution in [0.4, 0.5) is 0 Å². The number of halogens is 3. The van der Waals surface area contributed by atoms with E-state index in [4.69, 9.17) is 49.0 Å². The van der Waals surface area contributed by atoms with E-state index >= 15 is 0 Å². The molecule has 2 unspecified atom stereocenters. The summed E-state index contributed by atoms with van der Waals surface area (Å²) in [7, 11) is 1.99. The second kappa shape index (κ2) is 8.88. The van der Waals surface area contributed by atoms with Crippen LogP contribution in [0.25, 0.3) is 0 Å². The number of quaternary nitrogens is 1. The van der Waals surface area contributed by atoms with Crippen LogP contribution < -0.4 is 0 Å². The third-order valence-corrected chi connectivity index (χ3v) is 9.32. The zero-order valence-corrected chi connectivity index (χ0v) is 22.0. The number of esters is 2. The summed E-state index contributed by atoms with van der Waals surface area (Å²) in [5.41, 5.74) is -1.85. The first-order chi connectivity index (χ1) is 16.0. The van der Waals surface area contributed by atoms with Crippen LogP contribution in [0, 0.1) is 0 Å². The molecule has 2 bridgehead atoms. The minimum absolute atomic E-state index is 0.00755. The third-order valence-electron chi connectivity index (χ3n) is 7.04. The zero-order valence-electron chi connectivity index (χ0n) is 18.1. The van der Waals surface area contributed by atoms with E-state index in [1.807, 2.05) is 17.8 Å². The average molecular weight is 568 g/mol. The molecule has 6 atom stereocenters. The second-order valence-electron chi connectivity index (χ2n) is 9.14. The van der Waals surface area contributed by atoms with Crippen LogP contribution in [0.3, 0.4) is 0 Å². The number of likely N-dealkylation sites (N-methyl/N-ethyl adjacent to an activating group) is 1. The van der Waals surface area contributed by atoms with Crippen LogP contribution in [-0.4, -0.2) is 75.9 Å². The lowest BCUT2D eigenvalue weighted by Crippen LogP contribution is -2.64. The number of nitrogens with zero attached hydrogens (tertiary/aromatic N) is 1. The minimum atomic E-state index is -1.85. The summed E-state index contributed by atoms with van der Waals surface area (Å²) >= 11 is 19.7. The molecule has 2 aromatic rings. The summed E-state index contributed by atoms with van der Waals surface area (Å²) in [5.74, 6) is -1.14. The van der Waals surface area contributed by atoms with Crippen molar-refractivity contribution in [2.45, 2.75) is 52.6 Å². The number of fused-ring (bicyclic) bond motifs is 5. The molecule has 12 heteroatoms. The maximum Gasteiger partial charge on any atom is 0.361 e. The number of ether oxygens (including phenoxy) is 3. The summed E-state index contributed by atoms with van der Waals surface area (Å²) < 4.78 is 15.7. The Labute approximate surface area is 219 Å². The van der Waals surface area contributed by atoms with Crippen molar-refractivity contribution in [2.24, 2.45) is 0 Å². The Hall–Kier alpha value is -0.910. The topological polar surface area (TPSA) is 85.4 Å². The summed E-state index contributed by atoms with van der Waals surface area (Å²) in [6.07, 6.45) is 0.653. The highest BCUT2D eigenvalue weighted by Crippen LogP contribution is 2.53. The molecule has 184 valence electrons. The molecule has 3 aliphatic rings.